The second-order valence-corrected chi connectivity index (χ2v) is 6.11. The number of hydrogen-bond donors (Lipinski definition) is 1. The average Bonchev–Trinajstić information content (AvgIpc) is 2.86. The molecule has 1 aliphatic heterocycles. The zero-order chi connectivity index (χ0) is 18.9. The summed E-state index contributed by atoms with van der Waals surface area (Å²) in [5, 5.41) is 13.6. The number of nitrogens with zero attached hydrogens (tertiary/aromatic N) is 2. The molecule has 1 fully saturated rings. The Labute approximate surface area is 149 Å². The van der Waals surface area contributed by atoms with Crippen LogP contribution in [0.15, 0.2) is 48.5 Å². The van der Waals surface area contributed by atoms with E-state index in [1.54, 1.807) is 30.3 Å². The van der Waals surface area contributed by atoms with Crippen molar-refractivity contribution in [3.8, 4) is 5.75 Å². The van der Waals surface area contributed by atoms with E-state index in [2.05, 4.69) is 5.32 Å². The van der Waals surface area contributed by atoms with Gasteiger partial charge in [-0.15, -0.1) is 0 Å². The number of nitro benzene ring substituents is 1. The predicted octanol–water partition coefficient (Wildman–Crippen LogP) is 2.57. The highest BCUT2D eigenvalue weighted by atomic mass is 16.6. The van der Waals surface area contributed by atoms with E-state index in [1.165, 1.54) is 32.2 Å². The molecule has 8 nitrogen and oxygen atoms in total. The molecule has 1 saturated heterocycles. The van der Waals surface area contributed by atoms with E-state index in [0.717, 1.165) is 10.5 Å². The number of methoxy groups -OCH3 is 1. The van der Waals surface area contributed by atoms with E-state index in [4.69, 9.17) is 4.74 Å². The fourth-order valence-electron chi connectivity index (χ4n) is 2.92. The molecule has 1 heterocycles. The fraction of sp³-hybridized carbons (Fsp3) is 0.222. The molecular weight excluding hydrogens is 338 g/mol. The van der Waals surface area contributed by atoms with Crippen LogP contribution in [0.4, 0.5) is 10.5 Å². The zero-order valence-corrected chi connectivity index (χ0v) is 14.3. The second kappa shape index (κ2) is 6.47. The molecule has 0 radical (unpaired) electrons. The molecule has 0 bridgehead atoms. The molecule has 134 valence electrons. The molecule has 8 heteroatoms. The molecule has 2 aromatic rings. The van der Waals surface area contributed by atoms with Crippen LogP contribution in [-0.2, 0) is 16.9 Å². The van der Waals surface area contributed by atoms with Gasteiger partial charge in [-0.2, -0.15) is 0 Å². The van der Waals surface area contributed by atoms with E-state index in [1.807, 2.05) is 0 Å². The lowest BCUT2D eigenvalue weighted by Gasteiger charge is -2.22. The van der Waals surface area contributed by atoms with E-state index in [0.29, 0.717) is 11.3 Å². The number of non-ortho nitro benzene ring substituents is 1. The maximum Gasteiger partial charge on any atom is 0.325 e. The van der Waals surface area contributed by atoms with Crippen LogP contribution in [0.2, 0.25) is 0 Å². The van der Waals surface area contributed by atoms with Gasteiger partial charge >= 0.3 is 6.03 Å². The average molecular weight is 355 g/mol. The monoisotopic (exact) mass is 355 g/mol. The number of carbonyl (C=O) groups is 2. The van der Waals surface area contributed by atoms with Gasteiger partial charge in [0.05, 0.1) is 18.6 Å². The smallest absolute Gasteiger partial charge is 0.325 e. The van der Waals surface area contributed by atoms with Crippen molar-refractivity contribution in [2.24, 2.45) is 0 Å². The zero-order valence-electron chi connectivity index (χ0n) is 14.3. The van der Waals surface area contributed by atoms with Crippen LogP contribution >= 0.6 is 0 Å². The third kappa shape index (κ3) is 2.97. The van der Waals surface area contributed by atoms with Gasteiger partial charge in [-0.05, 0) is 30.2 Å². The topological polar surface area (TPSA) is 102 Å². The Morgan fingerprint density at radius 3 is 2.62 bits per heavy atom. The first-order chi connectivity index (χ1) is 12.3. The van der Waals surface area contributed by atoms with Crippen LogP contribution in [0.1, 0.15) is 18.1 Å². The van der Waals surface area contributed by atoms with Crippen molar-refractivity contribution in [2.45, 2.75) is 19.0 Å². The molecular formula is C18H17N3O5. The third-order valence-corrected chi connectivity index (χ3v) is 4.38. The predicted molar refractivity (Wildman–Crippen MR) is 92.5 cm³/mol. The molecule has 1 unspecified atom stereocenters. The first-order valence-electron chi connectivity index (χ1n) is 7.87. The maximum atomic E-state index is 12.9. The summed E-state index contributed by atoms with van der Waals surface area (Å²) in [4.78, 5) is 36.8. The van der Waals surface area contributed by atoms with Crippen molar-refractivity contribution in [2.75, 3.05) is 7.11 Å². The first-order valence-corrected chi connectivity index (χ1v) is 7.87. The van der Waals surface area contributed by atoms with Crippen LogP contribution < -0.4 is 10.1 Å². The first kappa shape index (κ1) is 17.4. The Morgan fingerprint density at radius 1 is 1.19 bits per heavy atom. The number of urea groups is 1. The molecule has 1 atom stereocenters. The Bertz CT molecular complexity index is 898. The summed E-state index contributed by atoms with van der Waals surface area (Å²) in [6.45, 7) is 1.62. The Hall–Kier alpha value is -3.42. The van der Waals surface area contributed by atoms with E-state index in [-0.39, 0.29) is 12.2 Å². The van der Waals surface area contributed by atoms with Gasteiger partial charge < -0.3 is 10.1 Å². The number of nitrogens with one attached hydrogen (secondary N) is 1. The van der Waals surface area contributed by atoms with Crippen molar-refractivity contribution in [1.82, 2.24) is 10.2 Å². The maximum absolute atomic E-state index is 12.9. The number of carbonyl (C=O) groups excluding carboxylic acids is 2. The summed E-state index contributed by atoms with van der Waals surface area (Å²) in [7, 11) is 1.53. The van der Waals surface area contributed by atoms with Crippen LogP contribution in [0.25, 0.3) is 0 Å². The third-order valence-electron chi connectivity index (χ3n) is 4.38. The Balaban J connectivity index is 1.90. The van der Waals surface area contributed by atoms with E-state index >= 15 is 0 Å². The number of nitro groups is 1. The van der Waals surface area contributed by atoms with Gasteiger partial charge in [0.2, 0.25) is 0 Å². The Kier molecular flexibility index (Phi) is 4.33. The van der Waals surface area contributed by atoms with Crippen molar-refractivity contribution in [3.05, 3.63) is 69.8 Å². The summed E-state index contributed by atoms with van der Waals surface area (Å²) in [5.74, 6) is 0.154. The molecule has 0 aromatic heterocycles. The standard InChI is InChI=1S/C18H17N3O5/c1-18(13-6-4-7-14(10-13)21(24)25)16(22)20(17(23)19-18)11-12-5-3-8-15(9-12)26-2/h3-10H,11H2,1-2H3,(H,19,23). The van der Waals surface area contributed by atoms with Crippen molar-refractivity contribution >= 4 is 17.6 Å². The normalized spacial score (nSPS) is 19.4. The molecule has 3 rings (SSSR count). The minimum absolute atomic E-state index is 0.0758. The van der Waals surface area contributed by atoms with Gasteiger partial charge in [-0.3, -0.25) is 19.8 Å². The number of ether oxygens (including phenoxy) is 1. The SMILES string of the molecule is COc1cccc(CN2C(=O)NC(C)(c3cccc([N+](=O)[O-])c3)C2=O)c1. The lowest BCUT2D eigenvalue weighted by Crippen LogP contribution is -2.40. The minimum Gasteiger partial charge on any atom is -0.497 e. The largest absolute Gasteiger partial charge is 0.497 e. The van der Waals surface area contributed by atoms with Crippen LogP contribution in [0, 0.1) is 10.1 Å². The highest BCUT2D eigenvalue weighted by Gasteiger charge is 2.49. The molecule has 1 aliphatic rings. The fourth-order valence-corrected chi connectivity index (χ4v) is 2.92. The molecule has 0 aliphatic carbocycles. The molecule has 0 spiro atoms. The summed E-state index contributed by atoms with van der Waals surface area (Å²) in [5.41, 5.74) is -0.409. The second-order valence-electron chi connectivity index (χ2n) is 6.11. The number of amides is 3. The highest BCUT2D eigenvalue weighted by Crippen LogP contribution is 2.31. The molecule has 2 aromatic carbocycles. The van der Waals surface area contributed by atoms with Gasteiger partial charge in [0.15, 0.2) is 0 Å². The van der Waals surface area contributed by atoms with Gasteiger partial charge in [-0.25, -0.2) is 4.79 Å². The van der Waals surface area contributed by atoms with Gasteiger partial charge in [0.25, 0.3) is 11.6 Å². The number of rotatable bonds is 5. The minimum atomic E-state index is -1.36. The van der Waals surface area contributed by atoms with Gasteiger partial charge in [0.1, 0.15) is 11.3 Å². The number of benzene rings is 2. The quantitative estimate of drug-likeness (QED) is 0.504. The van der Waals surface area contributed by atoms with Crippen LogP contribution in [0.3, 0.4) is 0 Å². The van der Waals surface area contributed by atoms with Crippen LogP contribution in [-0.4, -0.2) is 28.9 Å². The lowest BCUT2D eigenvalue weighted by molar-refractivity contribution is -0.385. The van der Waals surface area contributed by atoms with Crippen molar-refractivity contribution < 1.29 is 19.2 Å². The van der Waals surface area contributed by atoms with E-state index < -0.39 is 22.4 Å². The number of hydrogen-bond acceptors (Lipinski definition) is 5. The lowest BCUT2D eigenvalue weighted by atomic mass is 9.91. The summed E-state index contributed by atoms with van der Waals surface area (Å²) >= 11 is 0. The van der Waals surface area contributed by atoms with Crippen LogP contribution in [0.5, 0.6) is 5.75 Å². The molecule has 0 saturated carbocycles. The summed E-state index contributed by atoms with van der Waals surface area (Å²) in [6.07, 6.45) is 0. The van der Waals surface area contributed by atoms with Crippen molar-refractivity contribution in [3.63, 3.8) is 0 Å². The Morgan fingerprint density at radius 2 is 1.92 bits per heavy atom. The van der Waals surface area contributed by atoms with Gasteiger partial charge in [-0.1, -0.05) is 24.3 Å². The summed E-state index contributed by atoms with van der Waals surface area (Å²) in [6, 6.07) is 12.2. The van der Waals surface area contributed by atoms with E-state index in [9.17, 15) is 19.7 Å². The number of imide groups is 1. The van der Waals surface area contributed by atoms with Crippen molar-refractivity contribution in [1.29, 1.82) is 0 Å². The molecule has 1 N–H and O–H groups in total. The summed E-state index contributed by atoms with van der Waals surface area (Å²) < 4.78 is 5.15. The highest BCUT2D eigenvalue weighted by molar-refractivity contribution is 6.07. The molecule has 26 heavy (non-hydrogen) atoms. The van der Waals surface area contributed by atoms with Gasteiger partial charge in [0, 0.05) is 12.1 Å². The molecule has 3 amide bonds.